The number of rotatable bonds is 7. The highest BCUT2D eigenvalue weighted by Crippen LogP contribution is 2.23. The maximum atomic E-state index is 12.0. The third-order valence-electron chi connectivity index (χ3n) is 2.82. The van der Waals surface area contributed by atoms with Gasteiger partial charge in [0, 0.05) is 11.8 Å². The van der Waals surface area contributed by atoms with Gasteiger partial charge in [0.2, 0.25) is 0 Å². The highest BCUT2D eigenvalue weighted by Gasteiger charge is 2.21. The Bertz CT molecular complexity index is 180. The van der Waals surface area contributed by atoms with Crippen molar-refractivity contribution in [3.63, 3.8) is 0 Å². The summed E-state index contributed by atoms with van der Waals surface area (Å²) in [5, 5.41) is 0. The summed E-state index contributed by atoms with van der Waals surface area (Å²) in [5.74, 6) is 2.29. The Morgan fingerprint density at radius 3 is 1.73 bits per heavy atom. The van der Waals surface area contributed by atoms with Crippen LogP contribution in [0, 0.1) is 23.7 Å². The maximum absolute atomic E-state index is 12.0. The van der Waals surface area contributed by atoms with E-state index in [9.17, 15) is 4.79 Å². The van der Waals surface area contributed by atoms with E-state index < -0.39 is 0 Å². The lowest BCUT2D eigenvalue weighted by Crippen LogP contribution is -2.22. The zero-order chi connectivity index (χ0) is 12.0. The van der Waals surface area contributed by atoms with Crippen LogP contribution in [0.15, 0.2) is 0 Å². The molecule has 0 aliphatic heterocycles. The van der Waals surface area contributed by atoms with E-state index in [-0.39, 0.29) is 5.92 Å². The van der Waals surface area contributed by atoms with Crippen LogP contribution in [0.3, 0.4) is 0 Å². The summed E-state index contributed by atoms with van der Waals surface area (Å²) in [7, 11) is 0. The van der Waals surface area contributed by atoms with E-state index in [0.717, 1.165) is 12.8 Å². The van der Waals surface area contributed by atoms with Gasteiger partial charge in [-0.25, -0.2) is 0 Å². The molecule has 0 rings (SSSR count). The minimum absolute atomic E-state index is 0.195. The molecule has 0 heterocycles. The molecule has 0 spiro atoms. The Labute approximate surface area is 95.6 Å². The Hall–Kier alpha value is -0.330. The van der Waals surface area contributed by atoms with Gasteiger partial charge in [0.15, 0.2) is 0 Å². The molecule has 0 amide bonds. The summed E-state index contributed by atoms with van der Waals surface area (Å²) < 4.78 is 0. The fraction of sp³-hybridized carbons (Fsp3) is 0.929. The van der Waals surface area contributed by atoms with E-state index in [0.29, 0.717) is 23.5 Å². The molecule has 15 heavy (non-hydrogen) atoms. The molecular weight excluding hydrogens is 184 g/mol. The van der Waals surface area contributed by atoms with Crippen molar-refractivity contribution >= 4 is 5.78 Å². The third-order valence-corrected chi connectivity index (χ3v) is 2.82. The quantitative estimate of drug-likeness (QED) is 0.614. The van der Waals surface area contributed by atoms with Crippen LogP contribution in [0.1, 0.15) is 60.8 Å². The van der Waals surface area contributed by atoms with Crippen LogP contribution in [0.5, 0.6) is 0 Å². The maximum Gasteiger partial charge on any atom is 0.138 e. The molecule has 90 valence electrons. The molecule has 0 N–H and O–H groups in total. The Morgan fingerprint density at radius 1 is 0.867 bits per heavy atom. The molecule has 1 heteroatoms. The van der Waals surface area contributed by atoms with Gasteiger partial charge < -0.3 is 0 Å². The first kappa shape index (κ1) is 14.7. The van der Waals surface area contributed by atoms with Crippen molar-refractivity contribution in [2.75, 3.05) is 0 Å². The molecular formula is C14H28O. The summed E-state index contributed by atoms with van der Waals surface area (Å²) >= 11 is 0. The summed E-state index contributed by atoms with van der Waals surface area (Å²) in [5.41, 5.74) is 0. The van der Waals surface area contributed by atoms with E-state index in [4.69, 9.17) is 0 Å². The fourth-order valence-corrected chi connectivity index (χ4v) is 1.95. The standard InChI is InChI=1S/C14H28O/c1-10(2)7-8-13(9-11(3)4)14(15)12(5)6/h10-13H,7-9H2,1-6H3. The smallest absolute Gasteiger partial charge is 0.138 e. The van der Waals surface area contributed by atoms with Gasteiger partial charge in [-0.3, -0.25) is 4.79 Å². The number of carbonyl (C=O) groups excluding carboxylic acids is 1. The van der Waals surface area contributed by atoms with Crippen molar-refractivity contribution in [3.8, 4) is 0 Å². The lowest BCUT2D eigenvalue weighted by atomic mass is 9.83. The van der Waals surface area contributed by atoms with Crippen molar-refractivity contribution in [2.24, 2.45) is 23.7 Å². The first-order valence-electron chi connectivity index (χ1n) is 6.38. The van der Waals surface area contributed by atoms with E-state index in [1.807, 2.05) is 13.8 Å². The van der Waals surface area contributed by atoms with Crippen molar-refractivity contribution in [1.29, 1.82) is 0 Å². The number of Topliss-reactive ketones (excluding diaryl/α,β-unsaturated/α-hetero) is 1. The minimum Gasteiger partial charge on any atom is -0.299 e. The van der Waals surface area contributed by atoms with Gasteiger partial charge in [-0.2, -0.15) is 0 Å². The van der Waals surface area contributed by atoms with Gasteiger partial charge in [-0.05, 0) is 24.7 Å². The summed E-state index contributed by atoms with van der Waals surface area (Å²) in [6, 6.07) is 0. The van der Waals surface area contributed by atoms with E-state index in [1.165, 1.54) is 6.42 Å². The molecule has 0 saturated heterocycles. The largest absolute Gasteiger partial charge is 0.299 e. The molecule has 0 aromatic heterocycles. The molecule has 0 aliphatic rings. The van der Waals surface area contributed by atoms with Gasteiger partial charge in [0.05, 0.1) is 0 Å². The van der Waals surface area contributed by atoms with Crippen LogP contribution in [0.25, 0.3) is 0 Å². The van der Waals surface area contributed by atoms with Crippen molar-refractivity contribution in [2.45, 2.75) is 60.8 Å². The summed E-state index contributed by atoms with van der Waals surface area (Å²) in [4.78, 5) is 12.0. The molecule has 0 bridgehead atoms. The fourth-order valence-electron chi connectivity index (χ4n) is 1.95. The second kappa shape index (κ2) is 7.03. The number of hydrogen-bond acceptors (Lipinski definition) is 1. The van der Waals surface area contributed by atoms with Gasteiger partial charge in [-0.15, -0.1) is 0 Å². The lowest BCUT2D eigenvalue weighted by molar-refractivity contribution is -0.126. The van der Waals surface area contributed by atoms with Gasteiger partial charge in [0.1, 0.15) is 5.78 Å². The number of ketones is 1. The zero-order valence-electron chi connectivity index (χ0n) is 11.3. The first-order valence-corrected chi connectivity index (χ1v) is 6.38. The number of hydrogen-bond donors (Lipinski definition) is 0. The van der Waals surface area contributed by atoms with Crippen LogP contribution < -0.4 is 0 Å². The van der Waals surface area contributed by atoms with Crippen LogP contribution in [-0.4, -0.2) is 5.78 Å². The molecule has 0 aromatic carbocycles. The second-order valence-electron chi connectivity index (χ2n) is 5.85. The second-order valence-corrected chi connectivity index (χ2v) is 5.85. The van der Waals surface area contributed by atoms with Crippen molar-refractivity contribution < 1.29 is 4.79 Å². The molecule has 0 aromatic rings. The van der Waals surface area contributed by atoms with Gasteiger partial charge in [0.25, 0.3) is 0 Å². The molecule has 0 fully saturated rings. The third kappa shape index (κ3) is 6.70. The van der Waals surface area contributed by atoms with Crippen molar-refractivity contribution in [3.05, 3.63) is 0 Å². The Balaban J connectivity index is 4.24. The normalized spacial score (nSPS) is 13.9. The van der Waals surface area contributed by atoms with Crippen LogP contribution in [0.2, 0.25) is 0 Å². The molecule has 1 nitrogen and oxygen atoms in total. The van der Waals surface area contributed by atoms with Crippen molar-refractivity contribution in [1.82, 2.24) is 0 Å². The van der Waals surface area contributed by atoms with Crippen LogP contribution in [-0.2, 0) is 4.79 Å². The van der Waals surface area contributed by atoms with Gasteiger partial charge >= 0.3 is 0 Å². The summed E-state index contributed by atoms with van der Waals surface area (Å²) in [6.45, 7) is 12.9. The van der Waals surface area contributed by atoms with Gasteiger partial charge in [-0.1, -0.05) is 48.0 Å². The Kier molecular flexibility index (Phi) is 6.87. The summed E-state index contributed by atoms with van der Waals surface area (Å²) in [6.07, 6.45) is 3.31. The average molecular weight is 212 g/mol. The molecule has 0 aliphatic carbocycles. The van der Waals surface area contributed by atoms with E-state index in [1.54, 1.807) is 0 Å². The average Bonchev–Trinajstić information content (AvgIpc) is 2.10. The number of carbonyl (C=O) groups is 1. The van der Waals surface area contributed by atoms with Crippen LogP contribution >= 0.6 is 0 Å². The predicted molar refractivity (Wildman–Crippen MR) is 66.9 cm³/mol. The molecule has 0 saturated carbocycles. The molecule has 1 atom stereocenters. The highest BCUT2D eigenvalue weighted by molar-refractivity contribution is 5.82. The van der Waals surface area contributed by atoms with Crippen LogP contribution in [0.4, 0.5) is 0 Å². The van der Waals surface area contributed by atoms with E-state index >= 15 is 0 Å². The first-order chi connectivity index (χ1) is 6.84. The minimum atomic E-state index is 0.195. The molecule has 1 unspecified atom stereocenters. The monoisotopic (exact) mass is 212 g/mol. The SMILES string of the molecule is CC(C)CCC(CC(C)C)C(=O)C(C)C. The lowest BCUT2D eigenvalue weighted by Gasteiger charge is -2.20. The predicted octanol–water partition coefficient (Wildman–Crippen LogP) is 4.31. The zero-order valence-corrected chi connectivity index (χ0v) is 11.3. The topological polar surface area (TPSA) is 17.1 Å². The molecule has 0 radical (unpaired) electrons. The highest BCUT2D eigenvalue weighted by atomic mass is 16.1. The van der Waals surface area contributed by atoms with E-state index in [2.05, 4.69) is 27.7 Å². The Morgan fingerprint density at radius 2 is 1.40 bits per heavy atom.